The highest BCUT2D eigenvalue weighted by Gasteiger charge is 2.22. The number of rotatable bonds is 7. The van der Waals surface area contributed by atoms with Crippen LogP contribution in [0.5, 0.6) is 0 Å². The second-order valence-corrected chi connectivity index (χ2v) is 19.4. The number of hydrogen-bond acceptors (Lipinski definition) is 1. The standard InChI is InChI=1S/C70H49N/c1-2-17-50-42-52(30-28-46(50)14-1)61-40-41-70(67-26-12-11-24-64(61)67)71(55-35-32-49(33-36-55)68-44-51-18-5-8-22-59(51)63-23-9-10-25-66(63)68)56-37-39-62(69(45-56)65-27-13-19-47-15-3-7-21-58(47)65)54-34-38-60-53(43-54)31-29-48-16-4-6-20-57(48)60/h3-13,15-16,18-45H,1-2,14,17H2. The van der Waals surface area contributed by atoms with Crippen LogP contribution in [0.2, 0.25) is 0 Å². The predicted octanol–water partition coefficient (Wildman–Crippen LogP) is 19.6. The molecule has 0 unspecified atom stereocenters. The van der Waals surface area contributed by atoms with Crippen LogP contribution in [0.15, 0.2) is 249 Å². The molecule has 0 aromatic heterocycles. The molecule has 0 heterocycles. The summed E-state index contributed by atoms with van der Waals surface area (Å²) in [6, 6.07) is 93.1. The maximum atomic E-state index is 2.49. The van der Waals surface area contributed by atoms with Crippen molar-refractivity contribution in [1.82, 2.24) is 0 Å². The van der Waals surface area contributed by atoms with Gasteiger partial charge in [0.1, 0.15) is 0 Å². The van der Waals surface area contributed by atoms with Crippen LogP contribution in [0.4, 0.5) is 17.1 Å². The quantitative estimate of drug-likeness (QED) is 0.144. The predicted molar refractivity (Wildman–Crippen MR) is 305 cm³/mol. The molecule has 13 aromatic rings. The molecule has 1 nitrogen and oxygen atoms in total. The Balaban J connectivity index is 0.987. The van der Waals surface area contributed by atoms with Gasteiger partial charge >= 0.3 is 0 Å². The zero-order valence-electron chi connectivity index (χ0n) is 39.4. The minimum absolute atomic E-state index is 1.10. The zero-order valence-corrected chi connectivity index (χ0v) is 39.4. The summed E-state index contributed by atoms with van der Waals surface area (Å²) in [5.74, 6) is 0. The van der Waals surface area contributed by atoms with E-state index >= 15 is 0 Å². The molecule has 71 heavy (non-hydrogen) atoms. The van der Waals surface area contributed by atoms with E-state index in [0.29, 0.717) is 0 Å². The van der Waals surface area contributed by atoms with Crippen LogP contribution in [0.3, 0.4) is 0 Å². The molecule has 0 atom stereocenters. The third-order valence-corrected chi connectivity index (χ3v) is 15.4. The molecule has 0 N–H and O–H groups in total. The SMILES string of the molecule is c1ccc2c(-c3cc(N(c4ccc(-c5cc6ccccc6c6ccccc56)cc4)c4ccc(-c5ccc6c(c5)CCCC6)c5ccccc45)ccc3-c3ccc4c(ccc5ccccc54)c3)cccc2c1. The Morgan fingerprint density at radius 1 is 0.239 bits per heavy atom. The van der Waals surface area contributed by atoms with E-state index < -0.39 is 0 Å². The van der Waals surface area contributed by atoms with E-state index in [1.165, 1.54) is 140 Å². The zero-order chi connectivity index (χ0) is 46.8. The van der Waals surface area contributed by atoms with Gasteiger partial charge in [0.15, 0.2) is 0 Å². The summed E-state index contributed by atoms with van der Waals surface area (Å²) >= 11 is 0. The first-order valence-electron chi connectivity index (χ1n) is 25.2. The van der Waals surface area contributed by atoms with Gasteiger partial charge in [-0.15, -0.1) is 0 Å². The maximum absolute atomic E-state index is 2.49. The van der Waals surface area contributed by atoms with E-state index in [4.69, 9.17) is 0 Å². The van der Waals surface area contributed by atoms with Crippen LogP contribution in [0.25, 0.3) is 109 Å². The monoisotopic (exact) mass is 903 g/mol. The highest BCUT2D eigenvalue weighted by Crippen LogP contribution is 2.47. The third-order valence-electron chi connectivity index (χ3n) is 15.4. The molecular weight excluding hydrogens is 855 g/mol. The third kappa shape index (κ3) is 7.07. The molecule has 0 fully saturated rings. The number of nitrogens with zero attached hydrogens (tertiary/aromatic N) is 1. The molecule has 0 saturated heterocycles. The van der Waals surface area contributed by atoms with Gasteiger partial charge in [-0.1, -0.05) is 206 Å². The van der Waals surface area contributed by atoms with E-state index in [9.17, 15) is 0 Å². The van der Waals surface area contributed by atoms with Crippen LogP contribution in [0, 0.1) is 0 Å². The first-order valence-corrected chi connectivity index (χ1v) is 25.2. The van der Waals surface area contributed by atoms with Gasteiger partial charge in [-0.25, -0.2) is 0 Å². The molecule has 1 aliphatic rings. The molecular formula is C70H49N. The van der Waals surface area contributed by atoms with Crippen molar-refractivity contribution in [1.29, 1.82) is 0 Å². The van der Waals surface area contributed by atoms with Crippen molar-refractivity contribution < 1.29 is 0 Å². The number of aryl methyl sites for hydroxylation is 2. The van der Waals surface area contributed by atoms with Gasteiger partial charge < -0.3 is 4.90 Å². The van der Waals surface area contributed by atoms with E-state index in [2.05, 4.69) is 254 Å². The van der Waals surface area contributed by atoms with Crippen molar-refractivity contribution in [2.75, 3.05) is 4.90 Å². The molecule has 0 amide bonds. The largest absolute Gasteiger partial charge is 0.310 e. The lowest BCUT2D eigenvalue weighted by atomic mass is 9.88. The molecule has 0 bridgehead atoms. The van der Waals surface area contributed by atoms with Crippen molar-refractivity contribution in [2.45, 2.75) is 25.7 Å². The van der Waals surface area contributed by atoms with Gasteiger partial charge in [-0.3, -0.25) is 0 Å². The van der Waals surface area contributed by atoms with E-state index in [-0.39, 0.29) is 0 Å². The molecule has 0 saturated carbocycles. The average Bonchev–Trinajstić information content (AvgIpc) is 3.44. The van der Waals surface area contributed by atoms with Gasteiger partial charge in [-0.05, 0) is 183 Å². The lowest BCUT2D eigenvalue weighted by Crippen LogP contribution is -2.11. The van der Waals surface area contributed by atoms with E-state index in [1.807, 2.05) is 0 Å². The molecule has 1 aliphatic carbocycles. The van der Waals surface area contributed by atoms with Gasteiger partial charge in [0.05, 0.1) is 5.69 Å². The summed E-state index contributed by atoms with van der Waals surface area (Å²) in [5.41, 5.74) is 16.1. The Kier molecular flexibility index (Phi) is 9.88. The molecule has 14 rings (SSSR count). The normalized spacial score (nSPS) is 12.6. The highest BCUT2D eigenvalue weighted by atomic mass is 15.1. The van der Waals surface area contributed by atoms with Crippen molar-refractivity contribution >= 4 is 81.7 Å². The van der Waals surface area contributed by atoms with E-state index in [0.717, 1.165) is 23.5 Å². The molecule has 0 radical (unpaired) electrons. The first kappa shape index (κ1) is 41.2. The van der Waals surface area contributed by atoms with Crippen molar-refractivity contribution in [3.63, 3.8) is 0 Å². The Morgan fingerprint density at radius 3 is 1.58 bits per heavy atom. The molecule has 0 spiro atoms. The van der Waals surface area contributed by atoms with Crippen molar-refractivity contribution in [3.8, 4) is 44.5 Å². The lowest BCUT2D eigenvalue weighted by molar-refractivity contribution is 0.686. The highest BCUT2D eigenvalue weighted by molar-refractivity contribution is 6.14. The Morgan fingerprint density at radius 2 is 0.775 bits per heavy atom. The van der Waals surface area contributed by atoms with Gasteiger partial charge in [0.25, 0.3) is 0 Å². The number of benzene rings is 13. The summed E-state index contributed by atoms with van der Waals surface area (Å²) in [6.45, 7) is 0. The maximum Gasteiger partial charge on any atom is 0.0540 e. The lowest BCUT2D eigenvalue weighted by Gasteiger charge is -2.29. The minimum Gasteiger partial charge on any atom is -0.310 e. The van der Waals surface area contributed by atoms with Crippen molar-refractivity contribution in [2.24, 2.45) is 0 Å². The second kappa shape index (κ2) is 17.0. The van der Waals surface area contributed by atoms with Crippen LogP contribution in [0.1, 0.15) is 24.0 Å². The van der Waals surface area contributed by atoms with Crippen LogP contribution >= 0.6 is 0 Å². The summed E-state index contributed by atoms with van der Waals surface area (Å²) in [5, 5.41) is 15.0. The summed E-state index contributed by atoms with van der Waals surface area (Å²) in [6.07, 6.45) is 4.88. The second-order valence-electron chi connectivity index (χ2n) is 19.4. The van der Waals surface area contributed by atoms with Crippen molar-refractivity contribution in [3.05, 3.63) is 260 Å². The Hall–Kier alpha value is -8.78. The number of anilines is 3. The molecule has 1 heteroatoms. The summed E-state index contributed by atoms with van der Waals surface area (Å²) in [7, 11) is 0. The fourth-order valence-corrected chi connectivity index (χ4v) is 11.9. The smallest absolute Gasteiger partial charge is 0.0540 e. The Labute approximate surface area is 414 Å². The Bertz CT molecular complexity index is 4230. The van der Waals surface area contributed by atoms with Gasteiger partial charge in [0, 0.05) is 16.8 Å². The molecule has 13 aromatic carbocycles. The van der Waals surface area contributed by atoms with E-state index in [1.54, 1.807) is 0 Å². The topological polar surface area (TPSA) is 3.24 Å². The average molecular weight is 904 g/mol. The van der Waals surface area contributed by atoms with Crippen LogP contribution < -0.4 is 4.90 Å². The van der Waals surface area contributed by atoms with Crippen LogP contribution in [-0.2, 0) is 12.8 Å². The minimum atomic E-state index is 1.10. The van der Waals surface area contributed by atoms with Gasteiger partial charge in [0.2, 0.25) is 0 Å². The summed E-state index contributed by atoms with van der Waals surface area (Å²) < 4.78 is 0. The van der Waals surface area contributed by atoms with Gasteiger partial charge in [-0.2, -0.15) is 0 Å². The molecule has 334 valence electrons. The summed E-state index contributed by atoms with van der Waals surface area (Å²) in [4.78, 5) is 2.49. The fraction of sp³-hybridized carbons (Fsp3) is 0.0571. The number of hydrogen-bond donors (Lipinski definition) is 0. The number of fused-ring (bicyclic) bond motifs is 9. The molecule has 0 aliphatic heterocycles. The first-order chi connectivity index (χ1) is 35.2. The van der Waals surface area contributed by atoms with Crippen LogP contribution in [-0.4, -0.2) is 0 Å². The fourth-order valence-electron chi connectivity index (χ4n) is 11.9.